The summed E-state index contributed by atoms with van der Waals surface area (Å²) in [5.74, 6) is -0.170. The van der Waals surface area contributed by atoms with Crippen molar-refractivity contribution in [1.29, 1.82) is 0 Å². The molecule has 0 saturated heterocycles. The zero-order valence-corrected chi connectivity index (χ0v) is 11.8. The molecule has 0 radical (unpaired) electrons. The molecule has 3 aromatic rings. The molecule has 2 aromatic heterocycles. The maximum Gasteiger partial charge on any atom is 0.337 e. The molecule has 0 saturated carbocycles. The topological polar surface area (TPSA) is 112 Å². The first kappa shape index (κ1) is 14.2. The highest BCUT2D eigenvalue weighted by molar-refractivity contribution is 6.02. The van der Waals surface area contributed by atoms with Gasteiger partial charge in [-0.15, -0.1) is 0 Å². The van der Waals surface area contributed by atoms with E-state index in [1.165, 1.54) is 6.07 Å². The van der Waals surface area contributed by atoms with Crippen LogP contribution in [0, 0.1) is 0 Å². The van der Waals surface area contributed by atoms with E-state index in [1.807, 2.05) is 0 Å². The van der Waals surface area contributed by atoms with Crippen LogP contribution in [-0.2, 0) is 13.5 Å². The summed E-state index contributed by atoms with van der Waals surface area (Å²) in [7, 11) is 1.72. The number of fused-ring (bicyclic) bond motifs is 1. The van der Waals surface area contributed by atoms with Crippen LogP contribution >= 0.6 is 0 Å². The molecule has 0 aliphatic heterocycles. The molecule has 114 valence electrons. The minimum absolute atomic E-state index is 0.0374. The van der Waals surface area contributed by atoms with Crippen molar-refractivity contribution in [3.63, 3.8) is 0 Å². The van der Waals surface area contributed by atoms with Crippen molar-refractivity contribution in [2.75, 3.05) is 6.54 Å². The number of aromatic hydroxyl groups is 1. The van der Waals surface area contributed by atoms with Crippen molar-refractivity contribution < 1.29 is 13.9 Å². The van der Waals surface area contributed by atoms with E-state index in [-0.39, 0.29) is 11.3 Å². The second kappa shape index (κ2) is 5.19. The molecule has 0 aliphatic carbocycles. The van der Waals surface area contributed by atoms with Gasteiger partial charge in [0.15, 0.2) is 11.3 Å². The van der Waals surface area contributed by atoms with Gasteiger partial charge in [-0.05, 0) is 25.1 Å². The molecular formula is C15H14N2O5. The SMILES string of the molecule is Cn1c2oc(=O)ccc(=O)oc3c(O)ccc1c3c2CCN. The lowest BCUT2D eigenvalue weighted by atomic mass is 10.1. The van der Waals surface area contributed by atoms with E-state index in [0.29, 0.717) is 35.1 Å². The van der Waals surface area contributed by atoms with Crippen molar-refractivity contribution in [2.45, 2.75) is 6.42 Å². The predicted octanol–water partition coefficient (Wildman–Crippen LogP) is 1.01. The van der Waals surface area contributed by atoms with Gasteiger partial charge in [0.05, 0.1) is 10.9 Å². The Kier molecular flexibility index (Phi) is 3.34. The minimum atomic E-state index is -0.772. The van der Waals surface area contributed by atoms with Gasteiger partial charge < -0.3 is 24.2 Å². The Bertz CT molecular complexity index is 1010. The van der Waals surface area contributed by atoms with Crippen LogP contribution in [0.25, 0.3) is 22.2 Å². The Labute approximate surface area is 123 Å². The molecule has 22 heavy (non-hydrogen) atoms. The van der Waals surface area contributed by atoms with Gasteiger partial charge in [-0.1, -0.05) is 0 Å². The van der Waals surface area contributed by atoms with E-state index in [4.69, 9.17) is 14.6 Å². The van der Waals surface area contributed by atoms with E-state index < -0.39 is 11.3 Å². The summed E-state index contributed by atoms with van der Waals surface area (Å²) in [6.07, 6.45) is 0.400. The molecule has 0 atom stereocenters. The molecule has 2 heterocycles. The highest BCUT2D eigenvalue weighted by Crippen LogP contribution is 2.34. The average molecular weight is 302 g/mol. The third kappa shape index (κ3) is 2.11. The van der Waals surface area contributed by atoms with Gasteiger partial charge in [-0.3, -0.25) is 0 Å². The van der Waals surface area contributed by atoms with Gasteiger partial charge in [0.25, 0.3) is 0 Å². The molecule has 0 spiro atoms. The molecule has 0 aliphatic rings. The number of hydrogen-bond donors (Lipinski definition) is 2. The highest BCUT2D eigenvalue weighted by atomic mass is 16.4. The number of nitrogens with zero attached hydrogens (tertiary/aromatic N) is 1. The monoisotopic (exact) mass is 302 g/mol. The van der Waals surface area contributed by atoms with Gasteiger partial charge in [0.2, 0.25) is 5.71 Å². The highest BCUT2D eigenvalue weighted by Gasteiger charge is 2.18. The molecular weight excluding hydrogens is 288 g/mol. The van der Waals surface area contributed by atoms with Crippen molar-refractivity contribution in [2.24, 2.45) is 12.8 Å². The van der Waals surface area contributed by atoms with Crippen LogP contribution in [0.1, 0.15) is 5.56 Å². The third-order valence-electron chi connectivity index (χ3n) is 3.49. The molecule has 3 rings (SSSR count). The lowest BCUT2D eigenvalue weighted by Crippen LogP contribution is -2.04. The maximum absolute atomic E-state index is 11.8. The number of aromatic nitrogens is 1. The number of phenolic OH excluding ortho intramolecular Hbond substituents is 1. The third-order valence-corrected chi connectivity index (χ3v) is 3.49. The van der Waals surface area contributed by atoms with Crippen molar-refractivity contribution >= 4 is 22.2 Å². The van der Waals surface area contributed by atoms with Crippen molar-refractivity contribution in [3.8, 4) is 5.75 Å². The number of rotatable bonds is 2. The van der Waals surface area contributed by atoms with Gasteiger partial charge in [-0.2, -0.15) is 0 Å². The number of hydrogen-bond acceptors (Lipinski definition) is 6. The quantitative estimate of drug-likeness (QED) is 0.730. The van der Waals surface area contributed by atoms with Crippen LogP contribution in [0.4, 0.5) is 0 Å². The fourth-order valence-electron chi connectivity index (χ4n) is 2.56. The summed E-state index contributed by atoms with van der Waals surface area (Å²) < 4.78 is 12.2. The Morgan fingerprint density at radius 1 is 1.14 bits per heavy atom. The van der Waals surface area contributed by atoms with E-state index in [1.54, 1.807) is 17.7 Å². The first-order valence-electron chi connectivity index (χ1n) is 6.68. The van der Waals surface area contributed by atoms with Crippen LogP contribution in [-0.4, -0.2) is 16.2 Å². The number of phenols is 1. The lowest BCUT2D eigenvalue weighted by molar-refractivity contribution is 0.458. The molecule has 1 aromatic carbocycles. The Balaban J connectivity index is 2.73. The van der Waals surface area contributed by atoms with Crippen LogP contribution in [0.3, 0.4) is 0 Å². The molecule has 3 N–H and O–H groups in total. The van der Waals surface area contributed by atoms with E-state index in [2.05, 4.69) is 0 Å². The largest absolute Gasteiger partial charge is 0.504 e. The van der Waals surface area contributed by atoms with Crippen LogP contribution in [0.5, 0.6) is 5.75 Å². The normalized spacial score (nSPS) is 11.2. The molecule has 0 unspecified atom stereocenters. The van der Waals surface area contributed by atoms with E-state index in [9.17, 15) is 14.7 Å². The summed E-state index contributed by atoms with van der Waals surface area (Å²) in [5.41, 5.74) is 5.80. The maximum atomic E-state index is 11.8. The second-order valence-electron chi connectivity index (χ2n) is 4.86. The summed E-state index contributed by atoms with van der Waals surface area (Å²) in [6.45, 7) is 0.308. The standard InChI is InChI=1S/C15H14N2O5/c1-17-9-2-3-10(18)14-13(9)8(6-7-16)15(17)22-12(20)5-4-11(19)21-14/h2-5,18H,6-7,16H2,1H3. The van der Waals surface area contributed by atoms with Crippen LogP contribution in [0.2, 0.25) is 0 Å². The lowest BCUT2D eigenvalue weighted by Gasteiger charge is -1.99. The molecule has 7 heteroatoms. The molecule has 7 nitrogen and oxygen atoms in total. The van der Waals surface area contributed by atoms with Crippen LogP contribution in [0.15, 0.2) is 42.7 Å². The first-order chi connectivity index (χ1) is 10.5. The summed E-state index contributed by atoms with van der Waals surface area (Å²) in [6, 6.07) is 5.01. The Morgan fingerprint density at radius 3 is 2.50 bits per heavy atom. The average Bonchev–Trinajstić information content (AvgIpc) is 2.73. The molecule has 0 fully saturated rings. The molecule has 2 bridgehead atoms. The predicted molar refractivity (Wildman–Crippen MR) is 80.7 cm³/mol. The number of aryl methyl sites for hydroxylation is 1. The summed E-state index contributed by atoms with van der Waals surface area (Å²) in [4.78, 5) is 23.5. The second-order valence-corrected chi connectivity index (χ2v) is 4.86. The number of benzene rings is 1. The minimum Gasteiger partial charge on any atom is -0.504 e. The molecule has 0 amide bonds. The van der Waals surface area contributed by atoms with Gasteiger partial charge in [0, 0.05) is 24.7 Å². The van der Waals surface area contributed by atoms with Crippen molar-refractivity contribution in [1.82, 2.24) is 4.57 Å². The summed E-state index contributed by atoms with van der Waals surface area (Å²) in [5, 5.41) is 10.6. The zero-order valence-electron chi connectivity index (χ0n) is 11.8. The van der Waals surface area contributed by atoms with Gasteiger partial charge >= 0.3 is 11.3 Å². The van der Waals surface area contributed by atoms with E-state index in [0.717, 1.165) is 12.1 Å². The van der Waals surface area contributed by atoms with E-state index >= 15 is 0 Å². The fraction of sp³-hybridized carbons (Fsp3) is 0.200. The van der Waals surface area contributed by atoms with Gasteiger partial charge in [-0.25, -0.2) is 9.59 Å². The van der Waals surface area contributed by atoms with Gasteiger partial charge in [0.1, 0.15) is 0 Å². The number of nitrogens with two attached hydrogens (primary N) is 1. The smallest absolute Gasteiger partial charge is 0.337 e. The summed E-state index contributed by atoms with van der Waals surface area (Å²) >= 11 is 0. The Morgan fingerprint density at radius 2 is 1.82 bits per heavy atom. The Hall–Kier alpha value is -2.80. The van der Waals surface area contributed by atoms with Crippen LogP contribution < -0.4 is 17.0 Å². The zero-order chi connectivity index (χ0) is 15.9. The first-order valence-corrected chi connectivity index (χ1v) is 6.68. The fourth-order valence-corrected chi connectivity index (χ4v) is 2.56. The van der Waals surface area contributed by atoms with Crippen molar-refractivity contribution in [3.05, 3.63) is 50.7 Å².